The quantitative estimate of drug-likeness (QED) is 0.731. The van der Waals surface area contributed by atoms with Gasteiger partial charge in [0.15, 0.2) is 5.65 Å². The highest BCUT2D eigenvalue weighted by Gasteiger charge is 2.09. The zero-order valence-corrected chi connectivity index (χ0v) is 8.48. The molecule has 0 radical (unpaired) electrons. The Hall–Kier alpha value is -2.11. The Kier molecular flexibility index (Phi) is 2.24. The van der Waals surface area contributed by atoms with Crippen LogP contribution in [0.15, 0.2) is 18.5 Å². The Morgan fingerprint density at radius 3 is 2.87 bits per heavy atom. The van der Waals surface area contributed by atoms with Crippen LogP contribution in [-0.2, 0) is 0 Å². The van der Waals surface area contributed by atoms with Gasteiger partial charge in [0, 0.05) is 19.7 Å². The SMILES string of the molecule is CNC(=O)c1cc(NC)n2ncnc2c1. The molecule has 0 saturated heterocycles. The minimum atomic E-state index is -0.142. The van der Waals surface area contributed by atoms with Crippen LogP contribution >= 0.6 is 0 Å². The van der Waals surface area contributed by atoms with Gasteiger partial charge in [-0.25, -0.2) is 4.98 Å². The van der Waals surface area contributed by atoms with Crippen molar-refractivity contribution in [2.75, 3.05) is 19.4 Å². The molecule has 15 heavy (non-hydrogen) atoms. The summed E-state index contributed by atoms with van der Waals surface area (Å²) >= 11 is 0. The predicted octanol–water partition coefficient (Wildman–Crippen LogP) is 0.131. The molecule has 0 aliphatic carbocycles. The van der Waals surface area contributed by atoms with E-state index in [-0.39, 0.29) is 5.91 Å². The van der Waals surface area contributed by atoms with E-state index in [2.05, 4.69) is 20.7 Å². The van der Waals surface area contributed by atoms with E-state index >= 15 is 0 Å². The first kappa shape index (κ1) is 9.45. The van der Waals surface area contributed by atoms with Crippen LogP contribution in [0.25, 0.3) is 5.65 Å². The van der Waals surface area contributed by atoms with Crippen molar-refractivity contribution in [3.8, 4) is 0 Å². The molecular formula is C9H11N5O. The highest BCUT2D eigenvalue weighted by molar-refractivity contribution is 5.95. The standard InChI is InChI=1S/C9H11N5O/c1-10-7-3-6(9(15)11-2)4-8-12-5-13-14(7)8/h3-5,10H,1-2H3,(H,11,15). The number of anilines is 1. The van der Waals surface area contributed by atoms with E-state index in [9.17, 15) is 4.79 Å². The molecule has 0 bridgehead atoms. The molecule has 0 fully saturated rings. The molecule has 0 saturated carbocycles. The number of hydrogen-bond acceptors (Lipinski definition) is 4. The van der Waals surface area contributed by atoms with Crippen LogP contribution in [-0.4, -0.2) is 34.6 Å². The Bertz CT molecular complexity index is 504. The van der Waals surface area contributed by atoms with Gasteiger partial charge in [0.25, 0.3) is 5.91 Å². The van der Waals surface area contributed by atoms with Crippen LogP contribution in [0.2, 0.25) is 0 Å². The fourth-order valence-electron chi connectivity index (χ4n) is 1.38. The second kappa shape index (κ2) is 3.56. The van der Waals surface area contributed by atoms with Gasteiger partial charge in [-0.15, -0.1) is 0 Å². The molecule has 0 aromatic carbocycles. The van der Waals surface area contributed by atoms with Gasteiger partial charge in [-0.1, -0.05) is 0 Å². The van der Waals surface area contributed by atoms with Gasteiger partial charge in [-0.3, -0.25) is 4.79 Å². The summed E-state index contributed by atoms with van der Waals surface area (Å²) in [5.74, 6) is 0.584. The lowest BCUT2D eigenvalue weighted by molar-refractivity contribution is 0.0963. The second-order valence-corrected chi connectivity index (χ2v) is 2.99. The van der Waals surface area contributed by atoms with Crippen molar-refractivity contribution >= 4 is 17.4 Å². The lowest BCUT2D eigenvalue weighted by Gasteiger charge is -2.05. The third-order valence-electron chi connectivity index (χ3n) is 2.12. The molecule has 0 spiro atoms. The number of pyridine rings is 1. The summed E-state index contributed by atoms with van der Waals surface area (Å²) in [6, 6.07) is 3.41. The maximum absolute atomic E-state index is 11.5. The molecule has 78 valence electrons. The predicted molar refractivity (Wildman–Crippen MR) is 55.9 cm³/mol. The van der Waals surface area contributed by atoms with Crippen LogP contribution in [0.3, 0.4) is 0 Å². The van der Waals surface area contributed by atoms with Gasteiger partial charge >= 0.3 is 0 Å². The van der Waals surface area contributed by atoms with Crippen LogP contribution in [0, 0.1) is 0 Å². The third-order valence-corrected chi connectivity index (χ3v) is 2.12. The number of carbonyl (C=O) groups is 1. The van der Waals surface area contributed by atoms with E-state index in [0.717, 1.165) is 5.82 Å². The highest BCUT2D eigenvalue weighted by Crippen LogP contribution is 2.13. The summed E-state index contributed by atoms with van der Waals surface area (Å²) in [4.78, 5) is 15.5. The lowest BCUT2D eigenvalue weighted by atomic mass is 10.2. The van der Waals surface area contributed by atoms with Crippen molar-refractivity contribution in [3.05, 3.63) is 24.0 Å². The minimum absolute atomic E-state index is 0.142. The Morgan fingerprint density at radius 1 is 1.40 bits per heavy atom. The Balaban J connectivity index is 2.63. The lowest BCUT2D eigenvalue weighted by Crippen LogP contribution is -2.18. The van der Waals surface area contributed by atoms with Gasteiger partial charge in [0.2, 0.25) is 0 Å². The molecule has 0 unspecified atom stereocenters. The van der Waals surface area contributed by atoms with Gasteiger partial charge in [-0.2, -0.15) is 9.61 Å². The normalized spacial score (nSPS) is 10.3. The molecule has 0 aliphatic heterocycles. The van der Waals surface area contributed by atoms with E-state index in [1.54, 1.807) is 30.7 Å². The number of amides is 1. The van der Waals surface area contributed by atoms with E-state index in [4.69, 9.17) is 0 Å². The number of carbonyl (C=O) groups excluding carboxylic acids is 1. The van der Waals surface area contributed by atoms with E-state index < -0.39 is 0 Å². The highest BCUT2D eigenvalue weighted by atomic mass is 16.1. The smallest absolute Gasteiger partial charge is 0.251 e. The zero-order chi connectivity index (χ0) is 10.8. The fraction of sp³-hybridized carbons (Fsp3) is 0.222. The van der Waals surface area contributed by atoms with Gasteiger partial charge < -0.3 is 10.6 Å². The van der Waals surface area contributed by atoms with Crippen molar-refractivity contribution in [3.63, 3.8) is 0 Å². The molecule has 2 rings (SSSR count). The fourth-order valence-corrected chi connectivity index (χ4v) is 1.38. The zero-order valence-electron chi connectivity index (χ0n) is 8.48. The van der Waals surface area contributed by atoms with E-state index in [1.165, 1.54) is 6.33 Å². The van der Waals surface area contributed by atoms with Crippen molar-refractivity contribution in [2.45, 2.75) is 0 Å². The van der Waals surface area contributed by atoms with Gasteiger partial charge in [0.05, 0.1) is 0 Å². The molecule has 1 amide bonds. The first-order valence-corrected chi connectivity index (χ1v) is 4.50. The molecule has 6 nitrogen and oxygen atoms in total. The summed E-state index contributed by atoms with van der Waals surface area (Å²) in [7, 11) is 3.36. The molecule has 2 N–H and O–H groups in total. The third kappa shape index (κ3) is 1.50. The largest absolute Gasteiger partial charge is 0.373 e. The average Bonchev–Trinajstić information content (AvgIpc) is 2.74. The van der Waals surface area contributed by atoms with E-state index in [1.807, 2.05) is 0 Å². The summed E-state index contributed by atoms with van der Waals surface area (Å²) in [5, 5.41) is 9.55. The second-order valence-electron chi connectivity index (χ2n) is 2.99. The molecule has 2 aromatic heterocycles. The number of rotatable bonds is 2. The number of hydrogen-bond donors (Lipinski definition) is 2. The molecule has 0 atom stereocenters. The van der Waals surface area contributed by atoms with E-state index in [0.29, 0.717) is 11.2 Å². The first-order chi connectivity index (χ1) is 7.26. The van der Waals surface area contributed by atoms with Gasteiger partial charge in [-0.05, 0) is 12.1 Å². The molecule has 2 aromatic rings. The summed E-state index contributed by atoms with van der Waals surface area (Å²) < 4.78 is 1.63. The Morgan fingerprint density at radius 2 is 2.20 bits per heavy atom. The van der Waals surface area contributed by atoms with Crippen LogP contribution < -0.4 is 10.6 Å². The minimum Gasteiger partial charge on any atom is -0.373 e. The van der Waals surface area contributed by atoms with Crippen LogP contribution in [0.4, 0.5) is 5.82 Å². The topological polar surface area (TPSA) is 71.3 Å². The summed E-state index contributed by atoms with van der Waals surface area (Å²) in [6.07, 6.45) is 1.45. The maximum atomic E-state index is 11.5. The molecule has 2 heterocycles. The van der Waals surface area contributed by atoms with Gasteiger partial charge in [0.1, 0.15) is 12.1 Å². The first-order valence-electron chi connectivity index (χ1n) is 4.50. The average molecular weight is 205 g/mol. The number of fused-ring (bicyclic) bond motifs is 1. The Labute approximate surface area is 86.3 Å². The number of aromatic nitrogens is 3. The molecule has 6 heteroatoms. The van der Waals surface area contributed by atoms with Crippen molar-refractivity contribution in [1.82, 2.24) is 19.9 Å². The maximum Gasteiger partial charge on any atom is 0.251 e. The van der Waals surface area contributed by atoms with Crippen molar-refractivity contribution < 1.29 is 4.79 Å². The summed E-state index contributed by atoms with van der Waals surface area (Å²) in [5.41, 5.74) is 1.20. The summed E-state index contributed by atoms with van der Waals surface area (Å²) in [6.45, 7) is 0. The molecular weight excluding hydrogens is 194 g/mol. The van der Waals surface area contributed by atoms with Crippen LogP contribution in [0.5, 0.6) is 0 Å². The number of nitrogens with zero attached hydrogens (tertiary/aromatic N) is 3. The monoisotopic (exact) mass is 205 g/mol. The van der Waals surface area contributed by atoms with Crippen molar-refractivity contribution in [2.24, 2.45) is 0 Å². The van der Waals surface area contributed by atoms with Crippen molar-refractivity contribution in [1.29, 1.82) is 0 Å². The molecule has 0 aliphatic rings. The number of nitrogens with one attached hydrogen (secondary N) is 2. The van der Waals surface area contributed by atoms with Crippen LogP contribution in [0.1, 0.15) is 10.4 Å².